The maximum atomic E-state index is 12.4. The minimum absolute atomic E-state index is 0.0746. The molecule has 1 aromatic carbocycles. The molecule has 1 atom stereocenters. The van der Waals surface area contributed by atoms with E-state index in [1.54, 1.807) is 6.07 Å². The lowest BCUT2D eigenvalue weighted by Crippen LogP contribution is -2.32. The molecule has 0 spiro atoms. The van der Waals surface area contributed by atoms with Crippen LogP contribution in [0.2, 0.25) is 0 Å². The van der Waals surface area contributed by atoms with Gasteiger partial charge in [0.05, 0.1) is 11.1 Å². The van der Waals surface area contributed by atoms with Crippen molar-refractivity contribution in [1.82, 2.24) is 10.3 Å². The number of pyridine rings is 1. The number of benzene rings is 1. The van der Waals surface area contributed by atoms with Crippen LogP contribution in [0, 0.1) is 13.8 Å². The second-order valence-electron chi connectivity index (χ2n) is 6.00. The molecule has 2 aromatic rings. The molecule has 1 unspecified atom stereocenters. The molecule has 2 rings (SSSR count). The van der Waals surface area contributed by atoms with Gasteiger partial charge in [-0.05, 0) is 56.5 Å². The summed E-state index contributed by atoms with van der Waals surface area (Å²) >= 11 is 0. The van der Waals surface area contributed by atoms with Crippen LogP contribution in [-0.2, 0) is 0 Å². The fourth-order valence-electron chi connectivity index (χ4n) is 2.12. The first-order chi connectivity index (χ1) is 11.4. The fraction of sp³-hybridized carbons (Fsp3) is 0.316. The maximum absolute atomic E-state index is 12.4. The van der Waals surface area contributed by atoms with Crippen LogP contribution in [0.1, 0.15) is 52.1 Å². The Morgan fingerprint density at radius 1 is 1.04 bits per heavy atom. The van der Waals surface area contributed by atoms with Crippen LogP contribution < -0.4 is 10.6 Å². The molecule has 0 aliphatic carbocycles. The van der Waals surface area contributed by atoms with E-state index in [1.165, 1.54) is 18.0 Å². The first kappa shape index (κ1) is 17.7. The SMILES string of the molecule is CCC(C)NC(=O)c1cncc(C(=O)Nc2ccc(C)c(C)c2)c1. The number of carbonyl (C=O) groups excluding carboxylic acids is 2. The number of rotatable bonds is 5. The number of carbonyl (C=O) groups is 2. The van der Waals surface area contributed by atoms with Gasteiger partial charge in [0, 0.05) is 24.1 Å². The van der Waals surface area contributed by atoms with Crippen molar-refractivity contribution in [3.8, 4) is 0 Å². The smallest absolute Gasteiger partial charge is 0.257 e. The average molecular weight is 325 g/mol. The van der Waals surface area contributed by atoms with Crippen molar-refractivity contribution in [1.29, 1.82) is 0 Å². The topological polar surface area (TPSA) is 71.1 Å². The lowest BCUT2D eigenvalue weighted by molar-refractivity contribution is 0.0939. The second-order valence-corrected chi connectivity index (χ2v) is 6.00. The number of nitrogens with one attached hydrogen (secondary N) is 2. The highest BCUT2D eigenvalue weighted by atomic mass is 16.2. The third-order valence-corrected chi connectivity index (χ3v) is 4.02. The van der Waals surface area contributed by atoms with Crippen molar-refractivity contribution in [3.63, 3.8) is 0 Å². The highest BCUT2D eigenvalue weighted by Gasteiger charge is 2.13. The number of anilines is 1. The van der Waals surface area contributed by atoms with E-state index >= 15 is 0 Å². The van der Waals surface area contributed by atoms with Crippen molar-refractivity contribution in [3.05, 3.63) is 58.9 Å². The highest BCUT2D eigenvalue weighted by Crippen LogP contribution is 2.15. The maximum Gasteiger partial charge on any atom is 0.257 e. The molecule has 0 saturated carbocycles. The van der Waals surface area contributed by atoms with Gasteiger partial charge in [0.25, 0.3) is 11.8 Å². The van der Waals surface area contributed by atoms with E-state index in [0.29, 0.717) is 11.1 Å². The molecular formula is C19H23N3O2. The first-order valence-electron chi connectivity index (χ1n) is 8.05. The zero-order chi connectivity index (χ0) is 17.7. The number of nitrogens with zero attached hydrogens (tertiary/aromatic N) is 1. The van der Waals surface area contributed by atoms with Crippen molar-refractivity contribution in [2.24, 2.45) is 0 Å². The van der Waals surface area contributed by atoms with Gasteiger partial charge in [-0.25, -0.2) is 0 Å². The van der Waals surface area contributed by atoms with Crippen molar-refractivity contribution < 1.29 is 9.59 Å². The summed E-state index contributed by atoms with van der Waals surface area (Å²) in [6, 6.07) is 7.36. The Balaban J connectivity index is 2.13. The Labute approximate surface area is 142 Å². The van der Waals surface area contributed by atoms with Gasteiger partial charge in [0.1, 0.15) is 0 Å². The minimum atomic E-state index is -0.288. The largest absolute Gasteiger partial charge is 0.350 e. The fourth-order valence-corrected chi connectivity index (χ4v) is 2.12. The minimum Gasteiger partial charge on any atom is -0.350 e. The van der Waals surface area contributed by atoms with E-state index in [-0.39, 0.29) is 17.9 Å². The molecule has 5 heteroatoms. The summed E-state index contributed by atoms with van der Waals surface area (Å²) in [4.78, 5) is 28.5. The molecule has 1 aromatic heterocycles. The number of hydrogen-bond donors (Lipinski definition) is 2. The predicted molar refractivity (Wildman–Crippen MR) is 95.3 cm³/mol. The number of aryl methyl sites for hydroxylation is 2. The normalized spacial score (nSPS) is 11.7. The van der Waals surface area contributed by atoms with Crippen LogP contribution in [0.3, 0.4) is 0 Å². The lowest BCUT2D eigenvalue weighted by Gasteiger charge is -2.12. The zero-order valence-electron chi connectivity index (χ0n) is 14.5. The quantitative estimate of drug-likeness (QED) is 0.884. The van der Waals surface area contributed by atoms with Gasteiger partial charge in [-0.2, -0.15) is 0 Å². The molecule has 0 aliphatic rings. The van der Waals surface area contributed by atoms with Crippen LogP contribution in [0.4, 0.5) is 5.69 Å². The highest BCUT2D eigenvalue weighted by molar-refractivity contribution is 6.05. The number of hydrogen-bond acceptors (Lipinski definition) is 3. The first-order valence-corrected chi connectivity index (χ1v) is 8.05. The van der Waals surface area contributed by atoms with E-state index in [1.807, 2.05) is 45.9 Å². The Morgan fingerprint density at radius 2 is 1.71 bits per heavy atom. The van der Waals surface area contributed by atoms with Crippen LogP contribution in [0.15, 0.2) is 36.7 Å². The van der Waals surface area contributed by atoms with Gasteiger partial charge in [-0.3, -0.25) is 14.6 Å². The monoisotopic (exact) mass is 325 g/mol. The second kappa shape index (κ2) is 7.73. The average Bonchev–Trinajstić information content (AvgIpc) is 2.58. The van der Waals surface area contributed by atoms with Gasteiger partial charge < -0.3 is 10.6 Å². The summed E-state index contributed by atoms with van der Waals surface area (Å²) in [6.07, 6.45) is 3.76. The van der Waals surface area contributed by atoms with Crippen molar-refractivity contribution in [2.45, 2.75) is 40.2 Å². The Kier molecular flexibility index (Phi) is 5.68. The molecule has 24 heavy (non-hydrogen) atoms. The third-order valence-electron chi connectivity index (χ3n) is 4.02. The van der Waals surface area contributed by atoms with Gasteiger partial charge in [0.15, 0.2) is 0 Å². The molecule has 2 N–H and O–H groups in total. The molecule has 126 valence electrons. The molecule has 2 amide bonds. The molecule has 0 aliphatic heterocycles. The van der Waals surface area contributed by atoms with Crippen LogP contribution in [-0.4, -0.2) is 22.8 Å². The summed E-state index contributed by atoms with van der Waals surface area (Å²) in [7, 11) is 0. The standard InChI is InChI=1S/C19H23N3O2/c1-5-14(4)21-18(23)15-9-16(11-20-10-15)19(24)22-17-7-6-12(2)13(3)8-17/h6-11,14H,5H2,1-4H3,(H,21,23)(H,22,24). The molecule has 5 nitrogen and oxygen atoms in total. The van der Waals surface area contributed by atoms with Crippen molar-refractivity contribution in [2.75, 3.05) is 5.32 Å². The predicted octanol–water partition coefficient (Wildman–Crippen LogP) is 3.48. The Morgan fingerprint density at radius 3 is 2.33 bits per heavy atom. The van der Waals surface area contributed by atoms with Crippen LogP contribution >= 0.6 is 0 Å². The third kappa shape index (κ3) is 4.41. The van der Waals surface area contributed by atoms with E-state index in [4.69, 9.17) is 0 Å². The molecule has 0 fully saturated rings. The Hall–Kier alpha value is -2.69. The zero-order valence-corrected chi connectivity index (χ0v) is 14.5. The number of aromatic nitrogens is 1. The van der Waals surface area contributed by atoms with E-state index in [9.17, 15) is 9.59 Å². The lowest BCUT2D eigenvalue weighted by atomic mass is 10.1. The van der Waals surface area contributed by atoms with E-state index in [0.717, 1.165) is 17.7 Å². The summed E-state index contributed by atoms with van der Waals surface area (Å²) in [5.74, 6) is -0.512. The molecular weight excluding hydrogens is 302 g/mol. The molecule has 0 radical (unpaired) electrons. The summed E-state index contributed by atoms with van der Waals surface area (Å²) in [5.41, 5.74) is 3.72. The Bertz CT molecular complexity index is 756. The van der Waals surface area contributed by atoms with Gasteiger partial charge >= 0.3 is 0 Å². The summed E-state index contributed by atoms with van der Waals surface area (Å²) < 4.78 is 0. The molecule has 0 bridgehead atoms. The summed E-state index contributed by atoms with van der Waals surface area (Å²) in [5, 5.41) is 5.70. The van der Waals surface area contributed by atoms with Crippen molar-refractivity contribution >= 4 is 17.5 Å². The number of amides is 2. The van der Waals surface area contributed by atoms with Crippen LogP contribution in [0.25, 0.3) is 0 Å². The van der Waals surface area contributed by atoms with Gasteiger partial charge in [-0.15, -0.1) is 0 Å². The van der Waals surface area contributed by atoms with E-state index in [2.05, 4.69) is 15.6 Å². The van der Waals surface area contributed by atoms with Gasteiger partial charge in [0.2, 0.25) is 0 Å². The van der Waals surface area contributed by atoms with E-state index < -0.39 is 0 Å². The summed E-state index contributed by atoms with van der Waals surface area (Å²) in [6.45, 7) is 7.94. The molecule has 1 heterocycles. The van der Waals surface area contributed by atoms with Crippen LogP contribution in [0.5, 0.6) is 0 Å². The molecule has 0 saturated heterocycles. The van der Waals surface area contributed by atoms with Gasteiger partial charge in [-0.1, -0.05) is 13.0 Å².